The molecule has 0 unspecified atom stereocenters. The van der Waals surface area contributed by atoms with E-state index in [1.54, 1.807) is 0 Å². The first-order valence-electron chi connectivity index (χ1n) is 6.30. The number of likely N-dealkylation sites (N-methyl/N-ethyl adjacent to an activating group) is 1. The average Bonchev–Trinajstić information content (AvgIpc) is 2.78. The number of hydrogen-bond donors (Lipinski definition) is 1. The van der Waals surface area contributed by atoms with Gasteiger partial charge in [-0.05, 0) is 25.6 Å². The third-order valence-corrected chi connectivity index (χ3v) is 4.34. The van der Waals surface area contributed by atoms with Crippen molar-refractivity contribution in [3.8, 4) is 11.8 Å². The van der Waals surface area contributed by atoms with Crippen LogP contribution >= 0.6 is 11.3 Å². The lowest BCUT2D eigenvalue weighted by Gasteiger charge is -2.32. The number of thiophene rings is 1. The molecule has 1 aromatic heterocycles. The lowest BCUT2D eigenvalue weighted by molar-refractivity contribution is 0.0669. The summed E-state index contributed by atoms with van der Waals surface area (Å²) in [5.41, 5.74) is 1.00. The van der Waals surface area contributed by atoms with E-state index in [0.29, 0.717) is 0 Å². The van der Waals surface area contributed by atoms with Crippen LogP contribution in [0, 0.1) is 18.8 Å². The van der Waals surface area contributed by atoms with Gasteiger partial charge in [-0.1, -0.05) is 11.8 Å². The standard InChI is InChI=1S/C14H18N2O2S/c1-11-10-13(19-12(11)4-3-9-17)14(18)16-7-5-15(2)6-8-16/h10,17H,5-9H2,1-2H3. The van der Waals surface area contributed by atoms with Gasteiger partial charge in [-0.3, -0.25) is 4.79 Å². The second kappa shape index (κ2) is 6.20. The summed E-state index contributed by atoms with van der Waals surface area (Å²) in [5.74, 6) is 5.61. The first-order valence-corrected chi connectivity index (χ1v) is 7.11. The number of aliphatic hydroxyl groups excluding tert-OH is 1. The van der Waals surface area contributed by atoms with Crippen LogP contribution in [0.25, 0.3) is 0 Å². The molecule has 1 saturated heterocycles. The van der Waals surface area contributed by atoms with Gasteiger partial charge in [0.2, 0.25) is 0 Å². The third-order valence-electron chi connectivity index (χ3n) is 3.20. The Hall–Kier alpha value is -1.35. The second-order valence-electron chi connectivity index (χ2n) is 4.68. The van der Waals surface area contributed by atoms with Crippen molar-refractivity contribution in [2.75, 3.05) is 39.8 Å². The molecule has 102 valence electrons. The molecule has 0 aromatic carbocycles. The maximum atomic E-state index is 12.4. The molecule has 0 spiro atoms. The van der Waals surface area contributed by atoms with Crippen LogP contribution in [0.3, 0.4) is 0 Å². The molecular formula is C14H18N2O2S. The fourth-order valence-electron chi connectivity index (χ4n) is 2.00. The summed E-state index contributed by atoms with van der Waals surface area (Å²) in [5, 5.41) is 8.71. The van der Waals surface area contributed by atoms with E-state index in [1.807, 2.05) is 17.9 Å². The van der Waals surface area contributed by atoms with Crippen molar-refractivity contribution in [2.45, 2.75) is 6.92 Å². The highest BCUT2D eigenvalue weighted by Crippen LogP contribution is 2.22. The first-order chi connectivity index (χ1) is 9.11. The Balaban J connectivity index is 2.11. The molecule has 19 heavy (non-hydrogen) atoms. The molecule has 1 fully saturated rings. The number of amides is 1. The Bertz CT molecular complexity index is 519. The van der Waals surface area contributed by atoms with Gasteiger partial charge in [0.25, 0.3) is 5.91 Å². The van der Waals surface area contributed by atoms with Crippen LogP contribution in [-0.2, 0) is 0 Å². The minimum Gasteiger partial charge on any atom is -0.384 e. The first kappa shape index (κ1) is 14.1. The summed E-state index contributed by atoms with van der Waals surface area (Å²) >= 11 is 1.41. The van der Waals surface area contributed by atoms with Crippen LogP contribution in [0.1, 0.15) is 20.1 Å². The maximum absolute atomic E-state index is 12.4. The van der Waals surface area contributed by atoms with Gasteiger partial charge in [0.1, 0.15) is 6.61 Å². The molecule has 4 nitrogen and oxygen atoms in total. The van der Waals surface area contributed by atoms with Crippen LogP contribution in [0.5, 0.6) is 0 Å². The molecule has 1 amide bonds. The Morgan fingerprint density at radius 2 is 2.11 bits per heavy atom. The SMILES string of the molecule is Cc1cc(C(=O)N2CCN(C)CC2)sc1C#CCO. The van der Waals surface area contributed by atoms with Crippen LogP contribution in [-0.4, -0.2) is 60.6 Å². The van der Waals surface area contributed by atoms with Gasteiger partial charge in [0, 0.05) is 26.2 Å². The van der Waals surface area contributed by atoms with E-state index in [2.05, 4.69) is 23.8 Å². The zero-order valence-electron chi connectivity index (χ0n) is 11.3. The van der Waals surface area contributed by atoms with Crippen molar-refractivity contribution in [2.24, 2.45) is 0 Å². The number of aryl methyl sites for hydroxylation is 1. The molecule has 2 rings (SSSR count). The summed E-state index contributed by atoms with van der Waals surface area (Å²) in [6.45, 7) is 5.20. The monoisotopic (exact) mass is 278 g/mol. The van der Waals surface area contributed by atoms with Crippen LogP contribution in [0.15, 0.2) is 6.07 Å². The summed E-state index contributed by atoms with van der Waals surface area (Å²) < 4.78 is 0. The van der Waals surface area contributed by atoms with Crippen molar-refractivity contribution in [1.29, 1.82) is 0 Å². The Morgan fingerprint density at radius 1 is 1.42 bits per heavy atom. The van der Waals surface area contributed by atoms with E-state index >= 15 is 0 Å². The topological polar surface area (TPSA) is 43.8 Å². The quantitative estimate of drug-likeness (QED) is 0.772. The lowest BCUT2D eigenvalue weighted by atomic mass is 10.2. The number of rotatable bonds is 1. The second-order valence-corrected chi connectivity index (χ2v) is 5.73. The zero-order chi connectivity index (χ0) is 13.8. The fourth-order valence-corrected chi connectivity index (χ4v) is 3.01. The van der Waals surface area contributed by atoms with Gasteiger partial charge in [-0.25, -0.2) is 0 Å². The van der Waals surface area contributed by atoms with E-state index in [0.717, 1.165) is 41.5 Å². The minimum atomic E-state index is -0.154. The van der Waals surface area contributed by atoms with Crippen molar-refractivity contribution in [3.05, 3.63) is 21.4 Å². The van der Waals surface area contributed by atoms with E-state index in [9.17, 15) is 4.79 Å². The molecule has 5 heteroatoms. The number of piperazine rings is 1. The molecular weight excluding hydrogens is 260 g/mol. The largest absolute Gasteiger partial charge is 0.384 e. The molecule has 0 atom stereocenters. The molecule has 0 radical (unpaired) electrons. The summed E-state index contributed by atoms with van der Waals surface area (Å²) in [6.07, 6.45) is 0. The number of aliphatic hydroxyl groups is 1. The fraction of sp³-hybridized carbons (Fsp3) is 0.500. The minimum absolute atomic E-state index is 0.0956. The van der Waals surface area contributed by atoms with Gasteiger partial charge in [-0.15, -0.1) is 11.3 Å². The maximum Gasteiger partial charge on any atom is 0.264 e. The molecule has 1 aromatic rings. The van der Waals surface area contributed by atoms with Gasteiger partial charge < -0.3 is 14.9 Å². The van der Waals surface area contributed by atoms with E-state index in [4.69, 9.17) is 5.11 Å². The Kier molecular flexibility index (Phi) is 4.59. The third kappa shape index (κ3) is 3.35. The molecule has 1 aliphatic rings. The van der Waals surface area contributed by atoms with Crippen molar-refractivity contribution in [1.82, 2.24) is 9.80 Å². The molecule has 0 saturated carbocycles. The molecule has 2 heterocycles. The molecule has 0 bridgehead atoms. The van der Waals surface area contributed by atoms with Gasteiger partial charge >= 0.3 is 0 Å². The molecule has 0 aliphatic carbocycles. The van der Waals surface area contributed by atoms with Crippen molar-refractivity contribution < 1.29 is 9.90 Å². The van der Waals surface area contributed by atoms with Gasteiger partial charge in [0.15, 0.2) is 0 Å². The van der Waals surface area contributed by atoms with Crippen molar-refractivity contribution in [3.63, 3.8) is 0 Å². The smallest absolute Gasteiger partial charge is 0.264 e. The van der Waals surface area contributed by atoms with Gasteiger partial charge in [0.05, 0.1) is 9.75 Å². The zero-order valence-corrected chi connectivity index (χ0v) is 12.1. The number of carbonyl (C=O) groups is 1. The van der Waals surface area contributed by atoms with Crippen LogP contribution < -0.4 is 0 Å². The van der Waals surface area contributed by atoms with E-state index in [-0.39, 0.29) is 12.5 Å². The van der Waals surface area contributed by atoms with Crippen LogP contribution in [0.2, 0.25) is 0 Å². The highest BCUT2D eigenvalue weighted by Gasteiger charge is 2.22. The predicted molar refractivity (Wildman–Crippen MR) is 76.4 cm³/mol. The highest BCUT2D eigenvalue weighted by molar-refractivity contribution is 7.14. The number of nitrogens with zero attached hydrogens (tertiary/aromatic N) is 2. The Labute approximate surface area is 117 Å². The lowest BCUT2D eigenvalue weighted by Crippen LogP contribution is -2.46. The number of carbonyl (C=O) groups excluding carboxylic acids is 1. The highest BCUT2D eigenvalue weighted by atomic mass is 32.1. The van der Waals surface area contributed by atoms with E-state index < -0.39 is 0 Å². The number of hydrogen-bond acceptors (Lipinski definition) is 4. The molecule has 1 N–H and O–H groups in total. The normalized spacial score (nSPS) is 16.1. The predicted octanol–water partition coefficient (Wildman–Crippen LogP) is 0.788. The van der Waals surface area contributed by atoms with E-state index in [1.165, 1.54) is 11.3 Å². The average molecular weight is 278 g/mol. The van der Waals surface area contributed by atoms with Gasteiger partial charge in [-0.2, -0.15) is 0 Å². The summed E-state index contributed by atoms with van der Waals surface area (Å²) in [7, 11) is 2.07. The molecule has 1 aliphatic heterocycles. The van der Waals surface area contributed by atoms with Crippen molar-refractivity contribution >= 4 is 17.2 Å². The summed E-state index contributed by atoms with van der Waals surface area (Å²) in [4.78, 5) is 18.1. The Morgan fingerprint density at radius 3 is 2.74 bits per heavy atom. The van der Waals surface area contributed by atoms with Crippen LogP contribution in [0.4, 0.5) is 0 Å². The summed E-state index contributed by atoms with van der Waals surface area (Å²) in [6, 6.07) is 1.90.